The van der Waals surface area contributed by atoms with Crippen molar-refractivity contribution in [3.63, 3.8) is 0 Å². The van der Waals surface area contributed by atoms with Crippen LogP contribution in [-0.2, 0) is 14.8 Å². The molecule has 28 heavy (non-hydrogen) atoms. The largest absolute Gasteiger partial charge is 0.384 e. The predicted molar refractivity (Wildman–Crippen MR) is 113 cm³/mol. The molecule has 3 N–H and O–H groups in total. The lowest BCUT2D eigenvalue weighted by Gasteiger charge is -2.37. The number of methoxy groups -OCH3 is 1. The highest BCUT2D eigenvalue weighted by Crippen LogP contribution is 2.28. The number of rotatable bonds is 9. The molecule has 0 aromatic heterocycles. The SMILES string of the molecule is CCC(C)NS(=O)(=O)c1ccc(C(=O)NCC2(COC)CCNCC2)cc1.Cl. The number of benzene rings is 1. The van der Waals surface area contributed by atoms with E-state index < -0.39 is 10.0 Å². The van der Waals surface area contributed by atoms with Gasteiger partial charge in [0.1, 0.15) is 0 Å². The molecule has 1 aromatic carbocycles. The minimum atomic E-state index is -3.57. The molecule has 1 saturated heterocycles. The third kappa shape index (κ3) is 6.70. The van der Waals surface area contributed by atoms with Crippen molar-refractivity contribution >= 4 is 28.3 Å². The summed E-state index contributed by atoms with van der Waals surface area (Å²) >= 11 is 0. The van der Waals surface area contributed by atoms with Gasteiger partial charge in [-0.15, -0.1) is 12.4 Å². The standard InChI is InChI=1S/C19H31N3O4S.ClH/c1-4-15(2)22-27(24,25)17-7-5-16(6-8-17)18(23)21-13-19(14-26-3)9-11-20-12-10-19;/h5-8,15,20,22H,4,9-14H2,1-3H3,(H,21,23);1H. The van der Waals surface area contributed by atoms with E-state index in [9.17, 15) is 13.2 Å². The van der Waals surface area contributed by atoms with Gasteiger partial charge in [-0.05, 0) is 63.5 Å². The van der Waals surface area contributed by atoms with Crippen LogP contribution in [0.2, 0.25) is 0 Å². The van der Waals surface area contributed by atoms with Crippen LogP contribution in [0.5, 0.6) is 0 Å². The fourth-order valence-corrected chi connectivity index (χ4v) is 4.53. The third-order valence-electron chi connectivity index (χ3n) is 5.13. The Morgan fingerprint density at radius 1 is 1.25 bits per heavy atom. The Balaban J connectivity index is 0.00000392. The zero-order valence-corrected chi connectivity index (χ0v) is 18.4. The van der Waals surface area contributed by atoms with Crippen molar-refractivity contribution in [2.75, 3.05) is 33.4 Å². The van der Waals surface area contributed by atoms with Crippen molar-refractivity contribution in [3.8, 4) is 0 Å². The van der Waals surface area contributed by atoms with E-state index in [4.69, 9.17) is 4.74 Å². The topological polar surface area (TPSA) is 96.5 Å². The van der Waals surface area contributed by atoms with Crippen molar-refractivity contribution in [2.24, 2.45) is 5.41 Å². The van der Waals surface area contributed by atoms with Crippen LogP contribution in [0, 0.1) is 5.41 Å². The molecule has 1 unspecified atom stereocenters. The number of hydrogen-bond acceptors (Lipinski definition) is 5. The average molecular weight is 434 g/mol. The quantitative estimate of drug-likeness (QED) is 0.553. The van der Waals surface area contributed by atoms with Gasteiger partial charge < -0.3 is 15.4 Å². The molecule has 2 rings (SSSR count). The zero-order chi connectivity index (χ0) is 19.9. The molecule has 1 heterocycles. The highest BCUT2D eigenvalue weighted by molar-refractivity contribution is 7.89. The molecule has 160 valence electrons. The van der Waals surface area contributed by atoms with E-state index in [-0.39, 0.29) is 34.7 Å². The number of hydrogen-bond donors (Lipinski definition) is 3. The molecule has 0 bridgehead atoms. The van der Waals surface area contributed by atoms with Gasteiger partial charge in [0, 0.05) is 30.7 Å². The number of nitrogens with one attached hydrogen (secondary N) is 3. The molecule has 0 spiro atoms. The zero-order valence-electron chi connectivity index (χ0n) is 16.8. The summed E-state index contributed by atoms with van der Waals surface area (Å²) in [6.45, 7) is 6.70. The molecular weight excluding hydrogens is 402 g/mol. The minimum absolute atomic E-state index is 0. The van der Waals surface area contributed by atoms with Gasteiger partial charge in [0.25, 0.3) is 5.91 Å². The number of halogens is 1. The summed E-state index contributed by atoms with van der Waals surface area (Å²) in [4.78, 5) is 12.6. The molecule has 1 aliphatic rings. The van der Waals surface area contributed by atoms with Crippen LogP contribution in [0.4, 0.5) is 0 Å². The lowest BCUT2D eigenvalue weighted by atomic mass is 9.79. The van der Waals surface area contributed by atoms with E-state index in [1.807, 2.05) is 13.8 Å². The first-order valence-electron chi connectivity index (χ1n) is 9.42. The Hall–Kier alpha value is -1.19. The van der Waals surface area contributed by atoms with Crippen molar-refractivity contribution in [3.05, 3.63) is 29.8 Å². The normalized spacial score (nSPS) is 17.4. The summed E-state index contributed by atoms with van der Waals surface area (Å²) in [7, 11) is -1.89. The molecule has 1 atom stereocenters. The molecule has 1 aromatic rings. The Kier molecular flexibility index (Phi) is 9.86. The average Bonchev–Trinajstić information content (AvgIpc) is 2.67. The van der Waals surface area contributed by atoms with Crippen molar-refractivity contribution in [1.29, 1.82) is 0 Å². The number of carbonyl (C=O) groups is 1. The lowest BCUT2D eigenvalue weighted by Crippen LogP contribution is -2.47. The maximum absolute atomic E-state index is 12.5. The number of sulfonamides is 1. The molecule has 0 aliphatic carbocycles. The predicted octanol–water partition coefficient (Wildman–Crippen LogP) is 1.93. The van der Waals surface area contributed by atoms with Crippen LogP contribution in [0.1, 0.15) is 43.5 Å². The fraction of sp³-hybridized carbons (Fsp3) is 0.632. The molecule has 1 amide bonds. The first-order chi connectivity index (χ1) is 12.8. The van der Waals surface area contributed by atoms with Crippen LogP contribution in [0.25, 0.3) is 0 Å². The Morgan fingerprint density at radius 3 is 2.39 bits per heavy atom. The first kappa shape index (κ1) is 24.8. The van der Waals surface area contributed by atoms with E-state index in [1.165, 1.54) is 12.1 Å². The second kappa shape index (κ2) is 11.1. The van der Waals surface area contributed by atoms with E-state index in [1.54, 1.807) is 19.2 Å². The molecule has 1 aliphatic heterocycles. The van der Waals surface area contributed by atoms with Crippen LogP contribution in [-0.4, -0.2) is 53.7 Å². The van der Waals surface area contributed by atoms with Gasteiger partial charge in [-0.25, -0.2) is 13.1 Å². The Bertz CT molecular complexity index is 714. The van der Waals surface area contributed by atoms with Crippen LogP contribution in [0.3, 0.4) is 0 Å². The van der Waals surface area contributed by atoms with Crippen LogP contribution in [0.15, 0.2) is 29.2 Å². The van der Waals surface area contributed by atoms with Gasteiger partial charge in [-0.3, -0.25) is 4.79 Å². The number of carbonyl (C=O) groups excluding carboxylic acids is 1. The second-order valence-corrected chi connectivity index (χ2v) is 9.03. The highest BCUT2D eigenvalue weighted by Gasteiger charge is 2.32. The number of amides is 1. The fourth-order valence-electron chi connectivity index (χ4n) is 3.21. The first-order valence-corrected chi connectivity index (χ1v) is 10.9. The third-order valence-corrected chi connectivity index (χ3v) is 6.74. The molecule has 7 nitrogen and oxygen atoms in total. The second-order valence-electron chi connectivity index (χ2n) is 7.32. The smallest absolute Gasteiger partial charge is 0.251 e. The van der Waals surface area contributed by atoms with E-state index in [2.05, 4.69) is 15.4 Å². The lowest BCUT2D eigenvalue weighted by molar-refractivity contribution is 0.0511. The van der Waals surface area contributed by atoms with Crippen molar-refractivity contribution in [1.82, 2.24) is 15.4 Å². The summed E-state index contributed by atoms with van der Waals surface area (Å²) < 4.78 is 32.6. The summed E-state index contributed by atoms with van der Waals surface area (Å²) in [5.41, 5.74) is 0.387. The van der Waals surface area contributed by atoms with Gasteiger partial charge in [0.2, 0.25) is 10.0 Å². The van der Waals surface area contributed by atoms with Crippen molar-refractivity contribution < 1.29 is 17.9 Å². The number of piperidine rings is 1. The maximum atomic E-state index is 12.5. The summed E-state index contributed by atoms with van der Waals surface area (Å²) in [5.74, 6) is -0.206. The van der Waals surface area contributed by atoms with E-state index in [0.29, 0.717) is 25.1 Å². The van der Waals surface area contributed by atoms with E-state index >= 15 is 0 Å². The maximum Gasteiger partial charge on any atom is 0.251 e. The van der Waals surface area contributed by atoms with Gasteiger partial charge >= 0.3 is 0 Å². The molecule has 1 fully saturated rings. The summed E-state index contributed by atoms with van der Waals surface area (Å²) in [6.07, 6.45) is 2.59. The molecule has 0 radical (unpaired) electrons. The van der Waals surface area contributed by atoms with E-state index in [0.717, 1.165) is 25.9 Å². The monoisotopic (exact) mass is 433 g/mol. The summed E-state index contributed by atoms with van der Waals surface area (Å²) in [6, 6.07) is 5.89. The number of ether oxygens (including phenoxy) is 1. The van der Waals surface area contributed by atoms with Gasteiger partial charge in [0.05, 0.1) is 11.5 Å². The van der Waals surface area contributed by atoms with Gasteiger partial charge in [-0.2, -0.15) is 0 Å². The van der Waals surface area contributed by atoms with Gasteiger partial charge in [-0.1, -0.05) is 6.92 Å². The highest BCUT2D eigenvalue weighted by atomic mass is 35.5. The van der Waals surface area contributed by atoms with Gasteiger partial charge in [0.15, 0.2) is 0 Å². The summed E-state index contributed by atoms with van der Waals surface area (Å²) in [5, 5.41) is 6.31. The minimum Gasteiger partial charge on any atom is -0.384 e. The molecular formula is C19H32ClN3O4S. The molecule has 9 heteroatoms. The van der Waals surface area contributed by atoms with Crippen LogP contribution < -0.4 is 15.4 Å². The van der Waals surface area contributed by atoms with Crippen LogP contribution >= 0.6 is 12.4 Å². The van der Waals surface area contributed by atoms with Crippen molar-refractivity contribution in [2.45, 2.75) is 44.0 Å². The Labute approximate surface area is 174 Å². The molecule has 0 saturated carbocycles. The Morgan fingerprint density at radius 2 is 1.86 bits per heavy atom.